The van der Waals surface area contributed by atoms with E-state index in [0.29, 0.717) is 18.5 Å². The topological polar surface area (TPSA) is 42.2 Å². The molecule has 13 heavy (non-hydrogen) atoms. The Balaban J connectivity index is 2.89. The van der Waals surface area contributed by atoms with Crippen LogP contribution in [0.15, 0.2) is 23.1 Å². The summed E-state index contributed by atoms with van der Waals surface area (Å²) in [5.74, 6) is 0. The molecule has 1 rings (SSSR count). The summed E-state index contributed by atoms with van der Waals surface area (Å²) in [5.41, 5.74) is 0.695. The lowest BCUT2D eigenvalue weighted by Crippen LogP contribution is -2.26. The molecule has 0 radical (unpaired) electrons. The number of aliphatic hydroxyl groups is 1. The Morgan fingerprint density at radius 2 is 2.31 bits per heavy atom. The summed E-state index contributed by atoms with van der Waals surface area (Å²) in [4.78, 5) is 11.5. The third-order valence-electron chi connectivity index (χ3n) is 2.09. The van der Waals surface area contributed by atoms with Crippen LogP contribution < -0.4 is 5.56 Å². The van der Waals surface area contributed by atoms with Crippen LogP contribution in [-0.2, 0) is 6.54 Å². The van der Waals surface area contributed by atoms with E-state index in [0.717, 1.165) is 0 Å². The van der Waals surface area contributed by atoms with E-state index in [1.54, 1.807) is 23.8 Å². The van der Waals surface area contributed by atoms with Gasteiger partial charge in [0.25, 0.3) is 5.56 Å². The van der Waals surface area contributed by atoms with Crippen molar-refractivity contribution in [1.82, 2.24) is 4.57 Å². The van der Waals surface area contributed by atoms with Gasteiger partial charge in [-0.3, -0.25) is 4.79 Å². The molecule has 1 N–H and O–H groups in total. The Labute approximate surface area is 77.6 Å². The lowest BCUT2D eigenvalue weighted by molar-refractivity contribution is 0.148. The lowest BCUT2D eigenvalue weighted by atomic mass is 10.2. The molecule has 0 bridgehead atoms. The van der Waals surface area contributed by atoms with E-state index < -0.39 is 6.10 Å². The van der Waals surface area contributed by atoms with E-state index in [1.165, 1.54) is 0 Å². The van der Waals surface area contributed by atoms with Gasteiger partial charge in [0, 0.05) is 11.8 Å². The van der Waals surface area contributed by atoms with Crippen molar-refractivity contribution in [2.24, 2.45) is 0 Å². The number of aliphatic hydroxyl groups excluding tert-OH is 1. The maximum absolute atomic E-state index is 11.5. The van der Waals surface area contributed by atoms with E-state index in [-0.39, 0.29) is 5.56 Å². The van der Waals surface area contributed by atoms with Gasteiger partial charge >= 0.3 is 0 Å². The van der Waals surface area contributed by atoms with Crippen LogP contribution in [0.5, 0.6) is 0 Å². The number of hydrogen-bond acceptors (Lipinski definition) is 2. The van der Waals surface area contributed by atoms with Crippen molar-refractivity contribution < 1.29 is 5.11 Å². The van der Waals surface area contributed by atoms with E-state index in [4.69, 9.17) is 0 Å². The smallest absolute Gasteiger partial charge is 0.253 e. The van der Waals surface area contributed by atoms with Crippen LogP contribution in [0.3, 0.4) is 0 Å². The zero-order chi connectivity index (χ0) is 9.84. The summed E-state index contributed by atoms with van der Waals surface area (Å²) in [6.45, 7) is 4.06. The van der Waals surface area contributed by atoms with Crippen LogP contribution >= 0.6 is 0 Å². The van der Waals surface area contributed by atoms with Gasteiger partial charge in [-0.05, 0) is 19.4 Å². The Hall–Kier alpha value is -1.09. The molecular formula is C10H15NO2. The second kappa shape index (κ2) is 4.23. The van der Waals surface area contributed by atoms with Gasteiger partial charge in [-0.2, -0.15) is 0 Å². The molecule has 1 aromatic heterocycles. The van der Waals surface area contributed by atoms with Gasteiger partial charge in [-0.15, -0.1) is 0 Å². The van der Waals surface area contributed by atoms with Gasteiger partial charge in [0.2, 0.25) is 0 Å². The zero-order valence-electron chi connectivity index (χ0n) is 8.03. The molecule has 0 spiro atoms. The number of nitrogens with zero attached hydrogens (tertiary/aromatic N) is 1. The van der Waals surface area contributed by atoms with Gasteiger partial charge in [-0.25, -0.2) is 0 Å². The first-order valence-electron chi connectivity index (χ1n) is 4.49. The Bertz CT molecular complexity index is 330. The lowest BCUT2D eigenvalue weighted by Gasteiger charge is -2.10. The third-order valence-corrected chi connectivity index (χ3v) is 2.09. The molecule has 3 heteroatoms. The molecule has 0 saturated carbocycles. The molecule has 0 aliphatic carbocycles. The van der Waals surface area contributed by atoms with Gasteiger partial charge in [0.1, 0.15) is 0 Å². The summed E-state index contributed by atoms with van der Waals surface area (Å²) in [5, 5.41) is 9.37. The molecule has 0 fully saturated rings. The van der Waals surface area contributed by atoms with Crippen molar-refractivity contribution in [3.63, 3.8) is 0 Å². The fourth-order valence-corrected chi connectivity index (χ4v) is 1.16. The first kappa shape index (κ1) is 9.99. The van der Waals surface area contributed by atoms with Crippen molar-refractivity contribution in [3.8, 4) is 0 Å². The average Bonchev–Trinajstić information content (AvgIpc) is 2.13. The van der Waals surface area contributed by atoms with Crippen molar-refractivity contribution in [2.45, 2.75) is 32.9 Å². The van der Waals surface area contributed by atoms with Crippen LogP contribution in [0.4, 0.5) is 0 Å². The monoisotopic (exact) mass is 181 g/mol. The zero-order valence-corrected chi connectivity index (χ0v) is 8.03. The average molecular weight is 181 g/mol. The Morgan fingerprint density at radius 3 is 2.92 bits per heavy atom. The molecule has 3 nitrogen and oxygen atoms in total. The van der Waals surface area contributed by atoms with Gasteiger partial charge in [0.05, 0.1) is 12.6 Å². The Kier molecular flexibility index (Phi) is 3.25. The molecule has 0 aromatic carbocycles. The summed E-state index contributed by atoms with van der Waals surface area (Å²) in [6, 6.07) is 3.59. The van der Waals surface area contributed by atoms with Crippen LogP contribution in [0.25, 0.3) is 0 Å². The first-order chi connectivity index (χ1) is 6.15. The van der Waals surface area contributed by atoms with Crippen LogP contribution in [0.1, 0.15) is 18.9 Å². The SMILES string of the molecule is CCC(O)Cn1cccc(C)c1=O. The van der Waals surface area contributed by atoms with Gasteiger partial charge in [-0.1, -0.05) is 13.0 Å². The number of rotatable bonds is 3. The number of pyridine rings is 1. The Morgan fingerprint density at radius 1 is 1.62 bits per heavy atom. The molecule has 1 unspecified atom stereocenters. The van der Waals surface area contributed by atoms with E-state index in [1.807, 2.05) is 13.0 Å². The maximum Gasteiger partial charge on any atom is 0.253 e. The highest BCUT2D eigenvalue weighted by atomic mass is 16.3. The number of aryl methyl sites for hydroxylation is 1. The molecule has 72 valence electrons. The quantitative estimate of drug-likeness (QED) is 0.753. The van der Waals surface area contributed by atoms with Crippen molar-refractivity contribution in [1.29, 1.82) is 0 Å². The van der Waals surface area contributed by atoms with Crippen LogP contribution in [0.2, 0.25) is 0 Å². The normalized spacial score (nSPS) is 12.8. The predicted molar refractivity (Wildman–Crippen MR) is 51.7 cm³/mol. The van der Waals surface area contributed by atoms with E-state index in [9.17, 15) is 9.90 Å². The van der Waals surface area contributed by atoms with Crippen LogP contribution in [0, 0.1) is 6.92 Å². The van der Waals surface area contributed by atoms with E-state index in [2.05, 4.69) is 0 Å². The molecule has 0 aliphatic heterocycles. The van der Waals surface area contributed by atoms with Crippen molar-refractivity contribution in [3.05, 3.63) is 34.2 Å². The minimum absolute atomic E-state index is 0.0185. The molecule has 1 aromatic rings. The summed E-state index contributed by atoms with van der Waals surface area (Å²) >= 11 is 0. The largest absolute Gasteiger partial charge is 0.391 e. The molecule has 1 atom stereocenters. The summed E-state index contributed by atoms with van der Waals surface area (Å²) in [6.07, 6.45) is 1.94. The minimum atomic E-state index is -0.431. The second-order valence-electron chi connectivity index (χ2n) is 3.21. The fourth-order valence-electron chi connectivity index (χ4n) is 1.16. The highest BCUT2D eigenvalue weighted by molar-refractivity contribution is 5.07. The fraction of sp³-hybridized carbons (Fsp3) is 0.500. The predicted octanol–water partition coefficient (Wildman–Crippen LogP) is 0.928. The van der Waals surface area contributed by atoms with E-state index >= 15 is 0 Å². The molecule has 1 heterocycles. The van der Waals surface area contributed by atoms with Gasteiger partial charge < -0.3 is 9.67 Å². The van der Waals surface area contributed by atoms with Crippen LogP contribution in [-0.4, -0.2) is 15.8 Å². The molecule has 0 amide bonds. The standard InChI is InChI=1S/C10H15NO2/c1-3-9(12)7-11-6-4-5-8(2)10(11)13/h4-6,9,12H,3,7H2,1-2H3. The number of hydrogen-bond donors (Lipinski definition) is 1. The first-order valence-corrected chi connectivity index (χ1v) is 4.49. The highest BCUT2D eigenvalue weighted by Gasteiger charge is 2.03. The molecule has 0 saturated heterocycles. The third kappa shape index (κ3) is 2.42. The summed E-state index contributed by atoms with van der Waals surface area (Å²) in [7, 11) is 0. The maximum atomic E-state index is 11.5. The summed E-state index contributed by atoms with van der Waals surface area (Å²) < 4.78 is 1.55. The minimum Gasteiger partial charge on any atom is -0.391 e. The number of aromatic nitrogens is 1. The van der Waals surface area contributed by atoms with Crippen molar-refractivity contribution >= 4 is 0 Å². The molecule has 0 aliphatic rings. The van der Waals surface area contributed by atoms with Crippen molar-refractivity contribution in [2.75, 3.05) is 0 Å². The highest BCUT2D eigenvalue weighted by Crippen LogP contribution is 1.95. The molecular weight excluding hydrogens is 166 g/mol. The second-order valence-corrected chi connectivity index (χ2v) is 3.21. The van der Waals surface area contributed by atoms with Gasteiger partial charge in [0.15, 0.2) is 0 Å².